The largest absolute Gasteiger partial charge is 0.469 e. The Morgan fingerprint density at radius 3 is 2.63 bits per heavy atom. The summed E-state index contributed by atoms with van der Waals surface area (Å²) in [6.45, 7) is 0. The van der Waals surface area contributed by atoms with Gasteiger partial charge in [-0.25, -0.2) is 0 Å². The van der Waals surface area contributed by atoms with Crippen molar-refractivity contribution in [2.45, 2.75) is 25.3 Å². The van der Waals surface area contributed by atoms with Gasteiger partial charge in [-0.2, -0.15) is 0 Å². The lowest BCUT2D eigenvalue weighted by molar-refractivity contribution is -0.141. The van der Waals surface area contributed by atoms with Crippen LogP contribution in [0.15, 0.2) is 54.7 Å². The zero-order chi connectivity index (χ0) is 19.2. The molecule has 0 saturated heterocycles. The summed E-state index contributed by atoms with van der Waals surface area (Å²) in [4.78, 5) is 27.4. The Hall–Kier alpha value is -2.79. The van der Waals surface area contributed by atoms with E-state index in [1.165, 1.54) is 7.11 Å². The smallest absolute Gasteiger partial charge is 0.307 e. The normalized spacial score (nSPS) is 11.9. The zero-order valence-corrected chi connectivity index (χ0v) is 15.8. The molecule has 2 aromatic carbocycles. The molecule has 0 saturated carbocycles. The predicted octanol–water partition coefficient (Wildman–Crippen LogP) is 4.17. The van der Waals surface area contributed by atoms with Gasteiger partial charge in [0.2, 0.25) is 5.91 Å². The first kappa shape index (κ1) is 19.0. The van der Waals surface area contributed by atoms with E-state index in [1.807, 2.05) is 30.5 Å². The molecule has 6 heteroatoms. The van der Waals surface area contributed by atoms with E-state index in [0.717, 1.165) is 22.0 Å². The molecule has 0 aliphatic heterocycles. The van der Waals surface area contributed by atoms with Crippen molar-refractivity contribution < 1.29 is 14.3 Å². The number of rotatable bonds is 7. The van der Waals surface area contributed by atoms with Gasteiger partial charge in [0.25, 0.3) is 0 Å². The number of benzene rings is 2. The molecule has 0 spiro atoms. The molecular weight excluding hydrogens is 364 g/mol. The Balaban J connectivity index is 1.66. The molecule has 0 radical (unpaired) electrons. The lowest BCUT2D eigenvalue weighted by Gasteiger charge is -2.18. The third-order valence-corrected chi connectivity index (χ3v) is 4.75. The fourth-order valence-corrected chi connectivity index (χ4v) is 3.18. The Labute approximate surface area is 162 Å². The lowest BCUT2D eigenvalue weighted by Crippen LogP contribution is -2.30. The Kier molecular flexibility index (Phi) is 6.14. The number of amides is 1. The summed E-state index contributed by atoms with van der Waals surface area (Å²) in [6, 6.07) is 14.6. The molecule has 1 unspecified atom stereocenters. The number of esters is 1. The number of ether oxygens (including phenoxy) is 1. The first-order chi connectivity index (χ1) is 13.1. The second-order valence-electron chi connectivity index (χ2n) is 6.31. The van der Waals surface area contributed by atoms with Gasteiger partial charge in [0, 0.05) is 28.5 Å². The van der Waals surface area contributed by atoms with Crippen LogP contribution in [0.5, 0.6) is 0 Å². The summed E-state index contributed by atoms with van der Waals surface area (Å²) in [5.74, 6) is -0.504. The Morgan fingerprint density at radius 1 is 1.15 bits per heavy atom. The minimum atomic E-state index is -0.454. The maximum Gasteiger partial charge on any atom is 0.307 e. The molecule has 1 aromatic heterocycles. The van der Waals surface area contributed by atoms with Crippen molar-refractivity contribution >= 4 is 34.4 Å². The van der Waals surface area contributed by atoms with Gasteiger partial charge in [-0.1, -0.05) is 41.9 Å². The van der Waals surface area contributed by atoms with Crippen LogP contribution in [0.25, 0.3) is 10.9 Å². The highest BCUT2D eigenvalue weighted by Crippen LogP contribution is 2.22. The average Bonchev–Trinajstić information content (AvgIpc) is 3.09. The number of carbonyl (C=O) groups is 2. The molecule has 0 aliphatic rings. The van der Waals surface area contributed by atoms with Crippen molar-refractivity contribution in [2.24, 2.45) is 0 Å². The first-order valence-electron chi connectivity index (χ1n) is 8.73. The maximum atomic E-state index is 12.5. The maximum absolute atomic E-state index is 12.5. The molecule has 3 aromatic rings. The van der Waals surface area contributed by atoms with Crippen molar-refractivity contribution in [3.63, 3.8) is 0 Å². The minimum Gasteiger partial charge on any atom is -0.469 e. The summed E-state index contributed by atoms with van der Waals surface area (Å²) in [5, 5.41) is 4.65. The molecule has 0 aliphatic carbocycles. The van der Waals surface area contributed by atoms with Crippen LogP contribution in [0.2, 0.25) is 5.02 Å². The van der Waals surface area contributed by atoms with Gasteiger partial charge in [0.05, 0.1) is 19.6 Å². The SMILES string of the molecule is COC(=O)CC(NC(=O)CCc1c[nH]c2ccccc12)c1ccc(Cl)cc1. The molecule has 3 rings (SSSR count). The van der Waals surface area contributed by atoms with Gasteiger partial charge in [-0.3, -0.25) is 9.59 Å². The highest BCUT2D eigenvalue weighted by atomic mass is 35.5. The van der Waals surface area contributed by atoms with Crippen molar-refractivity contribution in [3.05, 3.63) is 70.9 Å². The third kappa shape index (κ3) is 4.89. The standard InChI is InChI=1S/C21H21ClN2O3/c1-27-21(26)12-19(14-6-9-16(22)10-7-14)24-20(25)11-8-15-13-23-18-5-3-2-4-17(15)18/h2-7,9-10,13,19,23H,8,11-12H2,1H3,(H,24,25). The van der Waals surface area contributed by atoms with Crippen molar-refractivity contribution in [1.82, 2.24) is 10.3 Å². The Bertz CT molecular complexity index is 934. The number of carbonyl (C=O) groups excluding carboxylic acids is 2. The number of hydrogen-bond acceptors (Lipinski definition) is 3. The van der Waals surface area contributed by atoms with Gasteiger partial charge in [-0.05, 0) is 35.7 Å². The van der Waals surface area contributed by atoms with Crippen LogP contribution in [-0.2, 0) is 20.7 Å². The van der Waals surface area contributed by atoms with E-state index >= 15 is 0 Å². The number of fused-ring (bicyclic) bond motifs is 1. The van der Waals surface area contributed by atoms with Crippen molar-refractivity contribution in [3.8, 4) is 0 Å². The molecule has 0 bridgehead atoms. The topological polar surface area (TPSA) is 71.2 Å². The molecule has 140 valence electrons. The van der Waals surface area contributed by atoms with Gasteiger partial charge < -0.3 is 15.0 Å². The number of aryl methyl sites for hydroxylation is 1. The van der Waals surface area contributed by atoms with Crippen LogP contribution < -0.4 is 5.32 Å². The predicted molar refractivity (Wildman–Crippen MR) is 106 cm³/mol. The van der Waals surface area contributed by atoms with E-state index in [2.05, 4.69) is 10.3 Å². The fraction of sp³-hybridized carbons (Fsp3) is 0.238. The summed E-state index contributed by atoms with van der Waals surface area (Å²) in [7, 11) is 1.33. The number of nitrogens with one attached hydrogen (secondary N) is 2. The number of methoxy groups -OCH3 is 1. The average molecular weight is 385 g/mol. The van der Waals surface area contributed by atoms with Crippen molar-refractivity contribution in [1.29, 1.82) is 0 Å². The molecule has 1 amide bonds. The number of aromatic amines is 1. The molecular formula is C21H21ClN2O3. The van der Waals surface area contributed by atoms with Gasteiger partial charge in [0.15, 0.2) is 0 Å². The monoisotopic (exact) mass is 384 g/mol. The quantitative estimate of drug-likeness (QED) is 0.600. The summed E-state index contributed by atoms with van der Waals surface area (Å²) in [5.41, 5.74) is 2.96. The van der Waals surface area contributed by atoms with Gasteiger partial charge in [-0.15, -0.1) is 0 Å². The van der Waals surface area contributed by atoms with Crippen LogP contribution in [0.3, 0.4) is 0 Å². The third-order valence-electron chi connectivity index (χ3n) is 4.50. The van der Waals surface area contributed by atoms with Crippen LogP contribution in [-0.4, -0.2) is 24.0 Å². The highest BCUT2D eigenvalue weighted by Gasteiger charge is 2.19. The molecule has 1 heterocycles. The summed E-state index contributed by atoms with van der Waals surface area (Å²) in [6.07, 6.45) is 2.94. The number of aromatic nitrogens is 1. The summed E-state index contributed by atoms with van der Waals surface area (Å²) >= 11 is 5.93. The molecule has 27 heavy (non-hydrogen) atoms. The molecule has 5 nitrogen and oxygen atoms in total. The van der Waals surface area contributed by atoms with E-state index in [1.54, 1.807) is 24.3 Å². The molecule has 0 fully saturated rings. The second kappa shape index (κ2) is 8.73. The minimum absolute atomic E-state index is 0.0664. The fourth-order valence-electron chi connectivity index (χ4n) is 3.05. The zero-order valence-electron chi connectivity index (χ0n) is 15.0. The van der Waals surface area contributed by atoms with E-state index in [0.29, 0.717) is 17.9 Å². The molecule has 2 N–H and O–H groups in total. The highest BCUT2D eigenvalue weighted by molar-refractivity contribution is 6.30. The number of halogens is 1. The van der Waals surface area contributed by atoms with E-state index < -0.39 is 6.04 Å². The molecule has 1 atom stereocenters. The van der Waals surface area contributed by atoms with Crippen LogP contribution >= 0.6 is 11.6 Å². The Morgan fingerprint density at radius 2 is 1.89 bits per heavy atom. The second-order valence-corrected chi connectivity index (χ2v) is 6.75. The van der Waals surface area contributed by atoms with E-state index in [4.69, 9.17) is 16.3 Å². The van der Waals surface area contributed by atoms with E-state index in [9.17, 15) is 9.59 Å². The van der Waals surface area contributed by atoms with Gasteiger partial charge >= 0.3 is 5.97 Å². The lowest BCUT2D eigenvalue weighted by atomic mass is 10.0. The number of para-hydroxylation sites is 1. The van der Waals surface area contributed by atoms with Crippen LogP contribution in [0, 0.1) is 0 Å². The van der Waals surface area contributed by atoms with Crippen molar-refractivity contribution in [2.75, 3.05) is 7.11 Å². The van der Waals surface area contributed by atoms with Gasteiger partial charge in [0.1, 0.15) is 0 Å². The van der Waals surface area contributed by atoms with E-state index in [-0.39, 0.29) is 18.3 Å². The van der Waals surface area contributed by atoms with Crippen LogP contribution in [0.4, 0.5) is 0 Å². The number of H-pyrrole nitrogens is 1. The summed E-state index contributed by atoms with van der Waals surface area (Å²) < 4.78 is 4.75. The van der Waals surface area contributed by atoms with Crippen LogP contribution in [0.1, 0.15) is 30.0 Å². The first-order valence-corrected chi connectivity index (χ1v) is 9.11. The number of hydrogen-bond donors (Lipinski definition) is 2.